The third-order valence-electron chi connectivity index (χ3n) is 3.52. The monoisotopic (exact) mass is 323 g/mol. The second kappa shape index (κ2) is 9.15. The van der Waals surface area contributed by atoms with E-state index in [0.717, 1.165) is 11.1 Å². The molecule has 0 radical (unpaired) electrons. The third kappa shape index (κ3) is 5.90. The van der Waals surface area contributed by atoms with E-state index in [9.17, 15) is 9.59 Å². The number of carbonyl (C=O) groups excluding carboxylic acids is 2. The zero-order valence-electron chi connectivity index (χ0n) is 14.2. The highest BCUT2D eigenvalue weighted by atomic mass is 16.5. The minimum Gasteiger partial charge on any atom is -0.483 e. The molecule has 128 valence electrons. The van der Waals surface area contributed by atoms with Crippen LogP contribution in [-0.4, -0.2) is 55.3 Å². The molecule has 1 aromatic carbocycles. The molecule has 1 amide bonds. The number of methoxy groups -OCH3 is 1. The number of benzene rings is 1. The van der Waals surface area contributed by atoms with E-state index in [-0.39, 0.29) is 32.2 Å². The van der Waals surface area contributed by atoms with E-state index in [4.69, 9.17) is 9.84 Å². The second-order valence-electron chi connectivity index (χ2n) is 5.55. The molecule has 0 saturated heterocycles. The van der Waals surface area contributed by atoms with Gasteiger partial charge in [0.15, 0.2) is 6.61 Å². The van der Waals surface area contributed by atoms with Crippen LogP contribution in [0.5, 0.6) is 5.75 Å². The quantitative estimate of drug-likeness (QED) is 0.730. The van der Waals surface area contributed by atoms with Gasteiger partial charge in [0.05, 0.1) is 19.6 Å². The maximum Gasteiger partial charge on any atom is 0.310 e. The fourth-order valence-electron chi connectivity index (χ4n) is 2.14. The highest BCUT2D eigenvalue weighted by Gasteiger charge is 2.21. The Hall–Kier alpha value is -2.08. The Morgan fingerprint density at radius 2 is 2.00 bits per heavy atom. The van der Waals surface area contributed by atoms with Crippen molar-refractivity contribution >= 4 is 11.9 Å². The minimum atomic E-state index is -0.462. The van der Waals surface area contributed by atoms with Crippen LogP contribution in [0, 0.1) is 19.8 Å². The lowest BCUT2D eigenvalue weighted by Gasteiger charge is -2.24. The molecule has 0 aliphatic rings. The van der Waals surface area contributed by atoms with Crippen LogP contribution in [0.15, 0.2) is 18.2 Å². The van der Waals surface area contributed by atoms with Crippen molar-refractivity contribution in [1.29, 1.82) is 0 Å². The predicted octanol–water partition coefficient (Wildman–Crippen LogP) is 1.31. The van der Waals surface area contributed by atoms with Gasteiger partial charge in [0, 0.05) is 13.1 Å². The maximum absolute atomic E-state index is 12.3. The highest BCUT2D eigenvalue weighted by Crippen LogP contribution is 2.19. The Bertz CT molecular complexity index is 544. The van der Waals surface area contributed by atoms with Gasteiger partial charge < -0.3 is 19.5 Å². The van der Waals surface area contributed by atoms with Crippen molar-refractivity contribution in [3.8, 4) is 5.75 Å². The summed E-state index contributed by atoms with van der Waals surface area (Å²) in [6, 6.07) is 5.77. The lowest BCUT2D eigenvalue weighted by Crippen LogP contribution is -2.41. The van der Waals surface area contributed by atoms with Gasteiger partial charge >= 0.3 is 5.97 Å². The van der Waals surface area contributed by atoms with E-state index in [1.54, 1.807) is 6.92 Å². The fraction of sp³-hybridized carbons (Fsp3) is 0.529. The molecule has 1 atom stereocenters. The summed E-state index contributed by atoms with van der Waals surface area (Å²) in [6.07, 6.45) is 0. The molecule has 6 heteroatoms. The summed E-state index contributed by atoms with van der Waals surface area (Å²) in [5, 5.41) is 9.11. The maximum atomic E-state index is 12.3. The number of aryl methyl sites for hydroxylation is 2. The number of hydrogen-bond donors (Lipinski definition) is 1. The lowest BCUT2D eigenvalue weighted by atomic mass is 10.1. The van der Waals surface area contributed by atoms with Crippen LogP contribution >= 0.6 is 0 Å². The second-order valence-corrected chi connectivity index (χ2v) is 5.55. The summed E-state index contributed by atoms with van der Waals surface area (Å²) in [4.78, 5) is 25.2. The third-order valence-corrected chi connectivity index (χ3v) is 3.52. The average molecular weight is 323 g/mol. The van der Waals surface area contributed by atoms with Gasteiger partial charge in [-0.15, -0.1) is 0 Å². The Kier molecular flexibility index (Phi) is 7.54. The number of amides is 1. The zero-order chi connectivity index (χ0) is 17.4. The van der Waals surface area contributed by atoms with E-state index >= 15 is 0 Å². The first-order chi connectivity index (χ1) is 10.9. The van der Waals surface area contributed by atoms with Crippen molar-refractivity contribution in [2.24, 2.45) is 5.92 Å². The number of carbonyl (C=O) groups is 2. The van der Waals surface area contributed by atoms with E-state index in [1.807, 2.05) is 32.0 Å². The number of aliphatic hydroxyl groups is 1. The van der Waals surface area contributed by atoms with Crippen LogP contribution < -0.4 is 4.74 Å². The number of nitrogens with zero attached hydrogens (tertiary/aromatic N) is 1. The first-order valence-electron chi connectivity index (χ1n) is 7.55. The van der Waals surface area contributed by atoms with Gasteiger partial charge in [0.25, 0.3) is 5.91 Å². The van der Waals surface area contributed by atoms with E-state index < -0.39 is 11.9 Å². The topological polar surface area (TPSA) is 76.1 Å². The predicted molar refractivity (Wildman–Crippen MR) is 86.3 cm³/mol. The number of rotatable bonds is 8. The Labute approximate surface area is 137 Å². The normalized spacial score (nSPS) is 11.7. The SMILES string of the molecule is COC(=O)C(C)CN(CCO)C(=O)COc1cc(C)ccc1C. The molecule has 0 aliphatic carbocycles. The molecular weight excluding hydrogens is 298 g/mol. The van der Waals surface area contributed by atoms with Gasteiger partial charge in [-0.1, -0.05) is 19.1 Å². The van der Waals surface area contributed by atoms with Crippen LogP contribution in [0.25, 0.3) is 0 Å². The van der Waals surface area contributed by atoms with Crippen LogP contribution in [0.1, 0.15) is 18.1 Å². The molecule has 6 nitrogen and oxygen atoms in total. The van der Waals surface area contributed by atoms with Gasteiger partial charge in [0.1, 0.15) is 5.75 Å². The van der Waals surface area contributed by atoms with Gasteiger partial charge in [-0.05, 0) is 31.0 Å². The molecule has 0 fully saturated rings. The van der Waals surface area contributed by atoms with Crippen molar-refractivity contribution in [3.63, 3.8) is 0 Å². The fourth-order valence-corrected chi connectivity index (χ4v) is 2.14. The molecule has 0 aliphatic heterocycles. The summed E-state index contributed by atoms with van der Waals surface area (Å²) < 4.78 is 10.2. The number of aliphatic hydroxyl groups excluding tert-OH is 1. The molecule has 0 saturated carbocycles. The highest BCUT2D eigenvalue weighted by molar-refractivity contribution is 5.79. The van der Waals surface area contributed by atoms with Crippen LogP contribution in [0.3, 0.4) is 0 Å². The molecule has 0 heterocycles. The number of ether oxygens (including phenoxy) is 2. The zero-order valence-corrected chi connectivity index (χ0v) is 14.2. The summed E-state index contributed by atoms with van der Waals surface area (Å²) in [6.45, 7) is 5.54. The summed E-state index contributed by atoms with van der Waals surface area (Å²) >= 11 is 0. The summed E-state index contributed by atoms with van der Waals surface area (Å²) in [5.74, 6) is -0.480. The molecule has 23 heavy (non-hydrogen) atoms. The molecule has 0 bridgehead atoms. The smallest absolute Gasteiger partial charge is 0.310 e. The minimum absolute atomic E-state index is 0.141. The van der Waals surface area contributed by atoms with Gasteiger partial charge in [-0.3, -0.25) is 9.59 Å². The molecular formula is C17H25NO5. The average Bonchev–Trinajstić information content (AvgIpc) is 2.53. The Balaban J connectivity index is 2.67. The van der Waals surface area contributed by atoms with E-state index in [2.05, 4.69) is 4.74 Å². The first kappa shape index (κ1) is 19.0. The molecule has 0 aromatic heterocycles. The number of hydrogen-bond acceptors (Lipinski definition) is 5. The van der Waals surface area contributed by atoms with E-state index in [1.165, 1.54) is 12.0 Å². The van der Waals surface area contributed by atoms with E-state index in [0.29, 0.717) is 5.75 Å². The molecule has 1 aromatic rings. The summed E-state index contributed by atoms with van der Waals surface area (Å²) in [5.41, 5.74) is 1.99. The summed E-state index contributed by atoms with van der Waals surface area (Å²) in [7, 11) is 1.31. The van der Waals surface area contributed by atoms with Crippen molar-refractivity contribution in [2.75, 3.05) is 33.4 Å². The Morgan fingerprint density at radius 1 is 1.30 bits per heavy atom. The lowest BCUT2D eigenvalue weighted by molar-refractivity contribution is -0.146. The molecule has 0 spiro atoms. The van der Waals surface area contributed by atoms with Gasteiger partial charge in [-0.25, -0.2) is 0 Å². The number of esters is 1. The Morgan fingerprint density at radius 3 is 2.61 bits per heavy atom. The standard InChI is InChI=1S/C17H25NO5/c1-12-5-6-13(2)15(9-12)23-11-16(20)18(7-8-19)10-14(3)17(21)22-4/h5-6,9,14,19H,7-8,10-11H2,1-4H3. The van der Waals surface area contributed by atoms with Crippen molar-refractivity contribution in [1.82, 2.24) is 4.90 Å². The van der Waals surface area contributed by atoms with Crippen molar-refractivity contribution < 1.29 is 24.2 Å². The van der Waals surface area contributed by atoms with Crippen molar-refractivity contribution in [3.05, 3.63) is 29.3 Å². The van der Waals surface area contributed by atoms with Crippen LogP contribution in [0.4, 0.5) is 0 Å². The molecule has 1 rings (SSSR count). The van der Waals surface area contributed by atoms with Crippen LogP contribution in [0.2, 0.25) is 0 Å². The first-order valence-corrected chi connectivity index (χ1v) is 7.55. The van der Waals surface area contributed by atoms with Gasteiger partial charge in [-0.2, -0.15) is 0 Å². The van der Waals surface area contributed by atoms with Crippen LogP contribution in [-0.2, 0) is 14.3 Å². The van der Waals surface area contributed by atoms with Crippen molar-refractivity contribution in [2.45, 2.75) is 20.8 Å². The molecule has 1 N–H and O–H groups in total. The molecule has 1 unspecified atom stereocenters. The van der Waals surface area contributed by atoms with Gasteiger partial charge in [0.2, 0.25) is 0 Å². The largest absolute Gasteiger partial charge is 0.483 e.